The summed E-state index contributed by atoms with van der Waals surface area (Å²) in [5, 5.41) is 0. The first-order valence-corrected chi connectivity index (χ1v) is 16.4. The molecule has 1 aliphatic heterocycles. The number of allylic oxidation sites excluding steroid dienone is 1. The average molecular weight is 675 g/mol. The van der Waals surface area contributed by atoms with E-state index in [9.17, 15) is 0 Å². The van der Waals surface area contributed by atoms with E-state index in [1.165, 1.54) is 74.9 Å². The molecule has 2 saturated carbocycles. The van der Waals surface area contributed by atoms with E-state index in [1.54, 1.807) is 0 Å². The Balaban J connectivity index is 0.000000250. The van der Waals surface area contributed by atoms with Crippen molar-refractivity contribution in [1.82, 2.24) is 4.90 Å². The van der Waals surface area contributed by atoms with Gasteiger partial charge in [-0.2, -0.15) is 0 Å². The molecule has 5 aromatic rings. The van der Waals surface area contributed by atoms with Gasteiger partial charge in [-0.1, -0.05) is 159 Å². The summed E-state index contributed by atoms with van der Waals surface area (Å²) in [6, 6.07) is 55.3. The number of hydrogen-bond acceptors (Lipinski definition) is 2. The van der Waals surface area contributed by atoms with Gasteiger partial charge in [-0.05, 0) is 46.7 Å². The normalized spacial score (nSPS) is 18.0. The second-order valence-corrected chi connectivity index (χ2v) is 12.2. The van der Waals surface area contributed by atoms with Crippen molar-refractivity contribution in [3.05, 3.63) is 252 Å². The van der Waals surface area contributed by atoms with Crippen LogP contribution in [0.5, 0.6) is 0 Å². The molecule has 3 heteroatoms. The smallest absolute Gasteiger partial charge is 0.106 e. The Labute approximate surface area is 304 Å². The molecule has 2 fully saturated rings. The predicted molar refractivity (Wildman–Crippen MR) is 198 cm³/mol. The van der Waals surface area contributed by atoms with Crippen LogP contribution < -0.4 is 0 Å². The van der Waals surface area contributed by atoms with E-state index in [2.05, 4.69) is 195 Å². The molecule has 0 spiro atoms. The Morgan fingerprint density at radius 3 is 1.02 bits per heavy atom. The monoisotopic (exact) mass is 674 g/mol. The molecule has 49 heavy (non-hydrogen) atoms. The predicted octanol–water partition coefficient (Wildman–Crippen LogP) is 9.75. The van der Waals surface area contributed by atoms with Gasteiger partial charge in [-0.15, -0.1) is 0 Å². The molecule has 1 heterocycles. The fraction of sp³-hybridized carbons (Fsp3) is 0.0652. The Morgan fingerprint density at radius 2 is 0.735 bits per heavy atom. The fourth-order valence-electron chi connectivity index (χ4n) is 6.71. The van der Waals surface area contributed by atoms with Gasteiger partial charge in [-0.3, -0.25) is 4.99 Å². The summed E-state index contributed by atoms with van der Waals surface area (Å²) in [7, 11) is 4.11. The second kappa shape index (κ2) is 16.0. The molecule has 0 aromatic heterocycles. The molecule has 0 bridgehead atoms. The van der Waals surface area contributed by atoms with E-state index >= 15 is 0 Å². The van der Waals surface area contributed by atoms with Crippen molar-refractivity contribution >= 4 is 6.21 Å². The maximum Gasteiger partial charge on any atom is 0.106 e. The molecule has 0 unspecified atom stereocenters. The summed E-state index contributed by atoms with van der Waals surface area (Å²) in [6.07, 6.45) is 8.16. The van der Waals surface area contributed by atoms with Crippen molar-refractivity contribution in [1.29, 1.82) is 0 Å². The minimum atomic E-state index is 0. The Bertz CT molecular complexity index is 1520. The first-order chi connectivity index (χ1) is 23.6. The van der Waals surface area contributed by atoms with Crippen LogP contribution in [0.2, 0.25) is 0 Å². The largest absolute Gasteiger partial charge is 0.380 e. The van der Waals surface area contributed by atoms with Crippen molar-refractivity contribution in [2.24, 2.45) is 4.99 Å². The zero-order chi connectivity index (χ0) is 32.9. The van der Waals surface area contributed by atoms with Crippen LogP contribution in [0.25, 0.3) is 0 Å². The number of benzene rings is 5. The van der Waals surface area contributed by atoms with E-state index in [0.717, 1.165) is 6.04 Å². The van der Waals surface area contributed by atoms with E-state index in [1.807, 2.05) is 12.3 Å². The Kier molecular flexibility index (Phi) is 11.3. The Morgan fingerprint density at radius 1 is 0.429 bits per heavy atom. The molecule has 2 aliphatic carbocycles. The number of dihydropyridines is 1. The van der Waals surface area contributed by atoms with Gasteiger partial charge in [0.25, 0.3) is 0 Å². The molecule has 0 atom stereocenters. The molecule has 0 saturated heterocycles. The second-order valence-electron chi connectivity index (χ2n) is 12.2. The molecule has 10 radical (unpaired) electrons. The minimum Gasteiger partial charge on any atom is -0.380 e. The first kappa shape index (κ1) is 34.7. The van der Waals surface area contributed by atoms with Gasteiger partial charge in [0, 0.05) is 78.6 Å². The zero-order valence-electron chi connectivity index (χ0n) is 28.0. The maximum absolute atomic E-state index is 4.36. The van der Waals surface area contributed by atoms with Crippen LogP contribution in [0, 0.1) is 60.3 Å². The van der Waals surface area contributed by atoms with Crippen molar-refractivity contribution in [3.8, 4) is 0 Å². The van der Waals surface area contributed by atoms with Crippen LogP contribution in [0.4, 0.5) is 0 Å². The molecule has 2 nitrogen and oxygen atoms in total. The van der Waals surface area contributed by atoms with Gasteiger partial charge < -0.3 is 4.90 Å². The summed E-state index contributed by atoms with van der Waals surface area (Å²) in [5.74, 6) is 8.88. The molecular formula is C46H38FeN2. The van der Waals surface area contributed by atoms with Crippen molar-refractivity contribution in [2.75, 3.05) is 14.1 Å². The molecule has 0 N–H and O–H groups in total. The standard InChI is InChI=1S/C35H25.C11H13N2.Fe/c1-6-16-26(17-7-1)31-32(27-18-8-2-9-19-27)34(29-22-12-4-13-23-29)35(30-24-14-5-15-25-30)33(31)28-20-10-3-11-21-28;1-8-4-5-9-10(13(2)3)6-7-12-11(8)9;/h1-25H;4-7H,1-3H3;. The van der Waals surface area contributed by atoms with Crippen molar-refractivity contribution < 1.29 is 17.1 Å². The molecular weight excluding hydrogens is 636 g/mol. The molecule has 0 amide bonds. The summed E-state index contributed by atoms with van der Waals surface area (Å²) in [5.41, 5.74) is 7.37. The van der Waals surface area contributed by atoms with Crippen LogP contribution in [-0.4, -0.2) is 25.2 Å². The summed E-state index contributed by atoms with van der Waals surface area (Å²) >= 11 is 0. The van der Waals surface area contributed by atoms with Gasteiger partial charge in [0.2, 0.25) is 0 Å². The number of aliphatic imine (C=N–C) groups is 1. The van der Waals surface area contributed by atoms with E-state index < -0.39 is 0 Å². The van der Waals surface area contributed by atoms with Crippen LogP contribution in [0.1, 0.15) is 34.7 Å². The van der Waals surface area contributed by atoms with Crippen LogP contribution in [0.15, 0.2) is 168 Å². The van der Waals surface area contributed by atoms with Crippen LogP contribution in [-0.2, 0) is 17.1 Å². The third kappa shape index (κ3) is 7.25. The summed E-state index contributed by atoms with van der Waals surface area (Å²) in [6.45, 7) is 2.09. The average Bonchev–Trinajstić information content (AvgIpc) is 3.72. The first-order valence-electron chi connectivity index (χ1n) is 16.4. The Hall–Kier alpha value is -4.17. The third-order valence-electron chi connectivity index (χ3n) is 8.88. The summed E-state index contributed by atoms with van der Waals surface area (Å²) < 4.78 is 0. The number of hydrogen-bond donors (Lipinski definition) is 0. The van der Waals surface area contributed by atoms with Gasteiger partial charge >= 0.3 is 0 Å². The maximum atomic E-state index is 4.36. The zero-order valence-corrected chi connectivity index (χ0v) is 29.1. The van der Waals surface area contributed by atoms with Gasteiger partial charge in [0.05, 0.1) is 5.92 Å². The van der Waals surface area contributed by atoms with Gasteiger partial charge in [0.1, 0.15) is 6.04 Å². The number of rotatable bonds is 6. The van der Waals surface area contributed by atoms with Gasteiger partial charge in [0.15, 0.2) is 0 Å². The SMILES string of the molecule is C[C]1[CH][CH][C]2[C]1N=CC=C2N(C)C.[Fe].c1ccc([C]2[C](c3ccccc3)[C](c3ccccc3)[C](c3ccccc3)[C]2c2ccccc2)cc1. The number of fused-ring (bicyclic) bond motifs is 1. The minimum absolute atomic E-state index is 0. The molecule has 240 valence electrons. The van der Waals surface area contributed by atoms with Gasteiger partial charge in [-0.25, -0.2) is 0 Å². The fourth-order valence-corrected chi connectivity index (χ4v) is 6.71. The van der Waals surface area contributed by atoms with Crippen molar-refractivity contribution in [2.45, 2.75) is 6.92 Å². The van der Waals surface area contributed by atoms with Crippen LogP contribution in [0.3, 0.4) is 0 Å². The van der Waals surface area contributed by atoms with Crippen molar-refractivity contribution in [3.63, 3.8) is 0 Å². The third-order valence-corrected chi connectivity index (χ3v) is 8.88. The number of nitrogens with zero attached hydrogens (tertiary/aromatic N) is 2. The quantitative estimate of drug-likeness (QED) is 0.164. The van der Waals surface area contributed by atoms with E-state index in [4.69, 9.17) is 0 Å². The van der Waals surface area contributed by atoms with Crippen LogP contribution >= 0.6 is 0 Å². The topological polar surface area (TPSA) is 15.6 Å². The molecule has 3 aliphatic rings. The molecule has 8 rings (SSSR count). The van der Waals surface area contributed by atoms with E-state index in [-0.39, 0.29) is 17.1 Å². The van der Waals surface area contributed by atoms with E-state index in [0.29, 0.717) is 0 Å². The molecule has 5 aromatic carbocycles. The summed E-state index contributed by atoms with van der Waals surface area (Å²) in [4.78, 5) is 6.47.